The smallest absolute Gasteiger partial charge is 0.255 e. The fourth-order valence-corrected chi connectivity index (χ4v) is 4.22. The molecule has 188 valence electrons. The molecule has 1 aliphatic heterocycles. The van der Waals surface area contributed by atoms with Crippen molar-refractivity contribution in [3.8, 4) is 22.8 Å². The highest BCUT2D eigenvalue weighted by Gasteiger charge is 2.25. The van der Waals surface area contributed by atoms with Gasteiger partial charge in [0.2, 0.25) is 5.91 Å². The van der Waals surface area contributed by atoms with Crippen molar-refractivity contribution in [3.63, 3.8) is 0 Å². The lowest BCUT2D eigenvalue weighted by molar-refractivity contribution is -0.118. The molecule has 0 radical (unpaired) electrons. The molecule has 0 saturated heterocycles. The molecule has 0 unspecified atom stereocenters. The lowest BCUT2D eigenvalue weighted by Gasteiger charge is -2.32. The van der Waals surface area contributed by atoms with Gasteiger partial charge in [-0.15, -0.1) is 0 Å². The summed E-state index contributed by atoms with van der Waals surface area (Å²) < 4.78 is 24.4. The first-order valence-corrected chi connectivity index (χ1v) is 11.7. The number of methoxy groups -OCH3 is 2. The Morgan fingerprint density at radius 1 is 0.972 bits per heavy atom. The number of fused-ring (bicyclic) bond motifs is 1. The molecule has 0 saturated carbocycles. The highest BCUT2D eigenvalue weighted by molar-refractivity contribution is 5.99. The summed E-state index contributed by atoms with van der Waals surface area (Å²) in [5, 5.41) is 5.51. The molecule has 8 nitrogen and oxygen atoms in total. The van der Waals surface area contributed by atoms with Crippen LogP contribution in [0.5, 0.6) is 11.5 Å². The van der Waals surface area contributed by atoms with Gasteiger partial charge in [0.15, 0.2) is 11.5 Å². The molecule has 2 aromatic carbocycles. The maximum atomic E-state index is 13.5. The van der Waals surface area contributed by atoms with Crippen molar-refractivity contribution >= 4 is 17.6 Å². The van der Waals surface area contributed by atoms with Gasteiger partial charge >= 0.3 is 0 Å². The van der Waals surface area contributed by atoms with Crippen molar-refractivity contribution in [3.05, 3.63) is 71.0 Å². The standard InChI is InChI=1S/C27H29FN4O4/c1-17(33)29-11-12-30-27(34)22-8-9-23(18-4-6-21(28)7-5-18)31-26(22)32-13-10-19-14-24(35-2)25(36-3)15-20(19)16-32/h4-9,14-15H,10-13,16H2,1-3H3,(H,29,33)(H,30,34). The normalized spacial score (nSPS) is 12.5. The highest BCUT2D eigenvalue weighted by atomic mass is 19.1. The van der Waals surface area contributed by atoms with Crippen molar-refractivity contribution in [1.82, 2.24) is 15.6 Å². The van der Waals surface area contributed by atoms with E-state index in [1.807, 2.05) is 12.1 Å². The average molecular weight is 493 g/mol. The van der Waals surface area contributed by atoms with Crippen LogP contribution in [0.4, 0.5) is 10.2 Å². The molecule has 0 spiro atoms. The summed E-state index contributed by atoms with van der Waals surface area (Å²) in [5.74, 6) is 1.09. The Kier molecular flexibility index (Phi) is 7.68. The zero-order chi connectivity index (χ0) is 25.7. The summed E-state index contributed by atoms with van der Waals surface area (Å²) >= 11 is 0. The van der Waals surface area contributed by atoms with Crippen LogP contribution in [0.15, 0.2) is 48.5 Å². The molecule has 0 bridgehead atoms. The molecule has 36 heavy (non-hydrogen) atoms. The van der Waals surface area contributed by atoms with Crippen LogP contribution in [-0.4, -0.2) is 50.7 Å². The van der Waals surface area contributed by atoms with Gasteiger partial charge in [-0.3, -0.25) is 9.59 Å². The summed E-state index contributed by atoms with van der Waals surface area (Å²) in [6.07, 6.45) is 0.738. The van der Waals surface area contributed by atoms with E-state index in [4.69, 9.17) is 14.5 Å². The number of halogens is 1. The van der Waals surface area contributed by atoms with E-state index in [0.29, 0.717) is 48.2 Å². The number of hydrogen-bond acceptors (Lipinski definition) is 6. The second kappa shape index (κ2) is 11.1. The molecule has 1 aliphatic rings. The van der Waals surface area contributed by atoms with E-state index in [1.54, 1.807) is 38.5 Å². The second-order valence-electron chi connectivity index (χ2n) is 8.46. The lowest BCUT2D eigenvalue weighted by atomic mass is 9.98. The Labute approximate surface area is 209 Å². The number of ether oxygens (including phenoxy) is 2. The van der Waals surface area contributed by atoms with Gasteiger partial charge in [0, 0.05) is 38.7 Å². The number of pyridine rings is 1. The van der Waals surface area contributed by atoms with Gasteiger partial charge in [0.1, 0.15) is 11.6 Å². The fraction of sp³-hybridized carbons (Fsp3) is 0.296. The molecular formula is C27H29FN4O4. The van der Waals surface area contributed by atoms with Crippen LogP contribution >= 0.6 is 0 Å². The molecule has 1 aromatic heterocycles. The highest BCUT2D eigenvalue weighted by Crippen LogP contribution is 2.35. The van der Waals surface area contributed by atoms with E-state index in [0.717, 1.165) is 23.1 Å². The van der Waals surface area contributed by atoms with Crippen LogP contribution in [-0.2, 0) is 17.8 Å². The Balaban J connectivity index is 1.67. The lowest BCUT2D eigenvalue weighted by Crippen LogP contribution is -2.36. The molecule has 0 atom stereocenters. The van der Waals surface area contributed by atoms with Crippen molar-refractivity contribution in [2.45, 2.75) is 19.9 Å². The first-order chi connectivity index (χ1) is 17.4. The van der Waals surface area contributed by atoms with Crippen molar-refractivity contribution in [1.29, 1.82) is 0 Å². The van der Waals surface area contributed by atoms with E-state index < -0.39 is 0 Å². The topological polar surface area (TPSA) is 92.8 Å². The van der Waals surface area contributed by atoms with Gasteiger partial charge in [-0.25, -0.2) is 9.37 Å². The van der Waals surface area contributed by atoms with Crippen LogP contribution in [0.2, 0.25) is 0 Å². The maximum Gasteiger partial charge on any atom is 0.255 e. The number of anilines is 1. The average Bonchev–Trinajstić information content (AvgIpc) is 2.89. The minimum Gasteiger partial charge on any atom is -0.493 e. The van der Waals surface area contributed by atoms with Gasteiger partial charge in [0.05, 0.1) is 25.5 Å². The zero-order valence-electron chi connectivity index (χ0n) is 20.6. The molecule has 4 rings (SSSR count). The summed E-state index contributed by atoms with van der Waals surface area (Å²) in [6.45, 7) is 3.22. The van der Waals surface area contributed by atoms with Crippen LogP contribution in [0.25, 0.3) is 11.3 Å². The quantitative estimate of drug-likeness (QED) is 0.469. The number of hydrogen-bond donors (Lipinski definition) is 2. The molecule has 3 aromatic rings. The molecule has 2 heterocycles. The van der Waals surface area contributed by atoms with Crippen LogP contribution in [0.1, 0.15) is 28.4 Å². The predicted molar refractivity (Wildman–Crippen MR) is 135 cm³/mol. The Hall–Kier alpha value is -4.14. The fourth-order valence-electron chi connectivity index (χ4n) is 4.22. The molecule has 0 aliphatic carbocycles. The summed E-state index contributed by atoms with van der Waals surface area (Å²) in [7, 11) is 3.21. The van der Waals surface area contributed by atoms with E-state index in [2.05, 4.69) is 15.5 Å². The van der Waals surface area contributed by atoms with Crippen molar-refractivity contribution in [2.75, 3.05) is 38.8 Å². The maximum absolute atomic E-state index is 13.5. The van der Waals surface area contributed by atoms with Gasteiger partial charge in [0.25, 0.3) is 5.91 Å². The number of rotatable bonds is 8. The number of carbonyl (C=O) groups is 2. The van der Waals surface area contributed by atoms with Crippen LogP contribution in [0, 0.1) is 5.82 Å². The van der Waals surface area contributed by atoms with Crippen molar-refractivity contribution < 1.29 is 23.5 Å². The largest absolute Gasteiger partial charge is 0.493 e. The van der Waals surface area contributed by atoms with E-state index in [-0.39, 0.29) is 24.2 Å². The van der Waals surface area contributed by atoms with Gasteiger partial charge in [-0.05, 0) is 66.1 Å². The van der Waals surface area contributed by atoms with Gasteiger partial charge in [-0.2, -0.15) is 0 Å². The number of carbonyl (C=O) groups excluding carboxylic acids is 2. The van der Waals surface area contributed by atoms with Gasteiger partial charge < -0.3 is 25.0 Å². The molecule has 2 amide bonds. The third kappa shape index (κ3) is 5.56. The minimum absolute atomic E-state index is 0.158. The SMILES string of the molecule is COc1cc2c(cc1OC)CN(c1nc(-c3ccc(F)cc3)ccc1C(=O)NCCNC(C)=O)CC2. The molecule has 2 N–H and O–H groups in total. The number of benzene rings is 2. The number of aromatic nitrogens is 1. The summed E-state index contributed by atoms with van der Waals surface area (Å²) in [5.41, 5.74) is 4.02. The van der Waals surface area contributed by atoms with Gasteiger partial charge in [-0.1, -0.05) is 0 Å². The van der Waals surface area contributed by atoms with Crippen LogP contribution < -0.4 is 25.0 Å². The van der Waals surface area contributed by atoms with E-state index in [1.165, 1.54) is 19.1 Å². The summed E-state index contributed by atoms with van der Waals surface area (Å²) in [6, 6.07) is 13.5. The van der Waals surface area contributed by atoms with Crippen molar-refractivity contribution in [2.24, 2.45) is 0 Å². The van der Waals surface area contributed by atoms with E-state index in [9.17, 15) is 14.0 Å². The molecule has 0 fully saturated rings. The number of nitrogens with zero attached hydrogens (tertiary/aromatic N) is 2. The first kappa shape index (κ1) is 25.0. The third-order valence-corrected chi connectivity index (χ3v) is 6.06. The Morgan fingerprint density at radius 3 is 2.31 bits per heavy atom. The first-order valence-electron chi connectivity index (χ1n) is 11.7. The molecular weight excluding hydrogens is 463 g/mol. The Morgan fingerprint density at radius 2 is 1.64 bits per heavy atom. The van der Waals surface area contributed by atoms with Crippen LogP contribution in [0.3, 0.4) is 0 Å². The number of amides is 2. The Bertz CT molecular complexity index is 1260. The summed E-state index contributed by atoms with van der Waals surface area (Å²) in [4.78, 5) is 31.1. The second-order valence-corrected chi connectivity index (χ2v) is 8.46. The minimum atomic E-state index is -0.328. The monoisotopic (exact) mass is 492 g/mol. The predicted octanol–water partition coefficient (Wildman–Crippen LogP) is 3.33. The number of nitrogens with one attached hydrogen (secondary N) is 2. The molecule has 9 heteroatoms. The third-order valence-electron chi connectivity index (χ3n) is 6.06. The van der Waals surface area contributed by atoms with E-state index >= 15 is 0 Å². The zero-order valence-corrected chi connectivity index (χ0v) is 20.6.